The lowest BCUT2D eigenvalue weighted by molar-refractivity contribution is 0.498. The van der Waals surface area contributed by atoms with Gasteiger partial charge in [0.1, 0.15) is 0 Å². The molecule has 0 aliphatic heterocycles. The van der Waals surface area contributed by atoms with E-state index in [4.69, 9.17) is 0 Å². The highest BCUT2D eigenvalue weighted by Gasteiger charge is 2.15. The van der Waals surface area contributed by atoms with Crippen molar-refractivity contribution in [2.75, 3.05) is 0 Å². The molecule has 1 rings (SSSR count). The fraction of sp³-hybridized carbons (Fsp3) is 0.500. The number of allylic oxidation sites excluding steroid dienone is 4. The number of hydrogen-bond donors (Lipinski definition) is 0. The highest BCUT2D eigenvalue weighted by molar-refractivity contribution is 5.35. The van der Waals surface area contributed by atoms with Gasteiger partial charge in [-0.25, -0.2) is 0 Å². The number of hydrogen-bond acceptors (Lipinski definition) is 0. The molecule has 12 heavy (non-hydrogen) atoms. The van der Waals surface area contributed by atoms with Crippen molar-refractivity contribution in [1.82, 2.24) is 0 Å². The molecular weight excluding hydrogens is 144 g/mol. The normalized spacial score (nSPS) is 27.7. The molecule has 0 aromatic heterocycles. The van der Waals surface area contributed by atoms with E-state index in [0.717, 1.165) is 11.5 Å². The highest BCUT2D eigenvalue weighted by atomic mass is 14.2. The standard InChI is InChI=1S/C12H18/c1-9(2)7-12-6-5-10(3)8-11(12)4/h7,10H,1,4-6,8H2,2-3H3/b12-7-. The smallest absolute Gasteiger partial charge is 0.0256 e. The van der Waals surface area contributed by atoms with Crippen LogP contribution in [0.2, 0.25) is 0 Å². The van der Waals surface area contributed by atoms with Crippen LogP contribution in [0.15, 0.2) is 36.0 Å². The lowest BCUT2D eigenvalue weighted by Gasteiger charge is -2.22. The largest absolute Gasteiger partial charge is 0.0961 e. The van der Waals surface area contributed by atoms with Gasteiger partial charge >= 0.3 is 0 Å². The van der Waals surface area contributed by atoms with E-state index in [9.17, 15) is 0 Å². The van der Waals surface area contributed by atoms with Crippen LogP contribution in [-0.2, 0) is 0 Å². The molecule has 0 spiro atoms. The lowest BCUT2D eigenvalue weighted by Crippen LogP contribution is -2.06. The van der Waals surface area contributed by atoms with Crippen molar-refractivity contribution in [3.8, 4) is 0 Å². The van der Waals surface area contributed by atoms with Crippen LogP contribution in [0.5, 0.6) is 0 Å². The molecule has 0 radical (unpaired) electrons. The van der Waals surface area contributed by atoms with E-state index >= 15 is 0 Å². The van der Waals surface area contributed by atoms with Crippen molar-refractivity contribution in [3.63, 3.8) is 0 Å². The minimum Gasteiger partial charge on any atom is -0.0961 e. The first-order valence-corrected chi connectivity index (χ1v) is 4.64. The maximum Gasteiger partial charge on any atom is -0.0256 e. The maximum absolute atomic E-state index is 4.09. The Morgan fingerprint density at radius 2 is 2.25 bits per heavy atom. The van der Waals surface area contributed by atoms with Gasteiger partial charge in [0, 0.05) is 0 Å². The SMILES string of the molecule is C=C(C)/C=C1/CCC(C)CC1=C. The first-order chi connectivity index (χ1) is 5.59. The van der Waals surface area contributed by atoms with E-state index in [1.54, 1.807) is 0 Å². The van der Waals surface area contributed by atoms with E-state index in [1.807, 2.05) is 6.92 Å². The molecule has 1 aliphatic carbocycles. The van der Waals surface area contributed by atoms with Crippen molar-refractivity contribution in [2.24, 2.45) is 5.92 Å². The van der Waals surface area contributed by atoms with Gasteiger partial charge in [0.15, 0.2) is 0 Å². The van der Waals surface area contributed by atoms with Gasteiger partial charge in [-0.05, 0) is 37.7 Å². The number of rotatable bonds is 1. The van der Waals surface area contributed by atoms with Crippen LogP contribution in [0.4, 0.5) is 0 Å². The summed E-state index contributed by atoms with van der Waals surface area (Å²) in [6.45, 7) is 12.3. The molecule has 0 heterocycles. The fourth-order valence-corrected chi connectivity index (χ4v) is 1.70. The van der Waals surface area contributed by atoms with E-state index < -0.39 is 0 Å². The van der Waals surface area contributed by atoms with Crippen molar-refractivity contribution < 1.29 is 0 Å². The summed E-state index contributed by atoms with van der Waals surface area (Å²) in [5.74, 6) is 0.819. The molecule has 0 saturated heterocycles. The van der Waals surface area contributed by atoms with Crippen LogP contribution in [-0.4, -0.2) is 0 Å². The fourth-order valence-electron chi connectivity index (χ4n) is 1.70. The molecule has 0 aromatic rings. The Balaban J connectivity index is 2.69. The third kappa shape index (κ3) is 2.37. The molecule has 66 valence electrons. The third-order valence-corrected chi connectivity index (χ3v) is 2.38. The van der Waals surface area contributed by atoms with Gasteiger partial charge < -0.3 is 0 Å². The first-order valence-electron chi connectivity index (χ1n) is 4.64. The summed E-state index contributed by atoms with van der Waals surface area (Å²) >= 11 is 0. The molecule has 0 bridgehead atoms. The summed E-state index contributed by atoms with van der Waals surface area (Å²) in [7, 11) is 0. The van der Waals surface area contributed by atoms with Crippen LogP contribution in [0, 0.1) is 5.92 Å². The third-order valence-electron chi connectivity index (χ3n) is 2.38. The molecule has 1 saturated carbocycles. The maximum atomic E-state index is 4.09. The van der Waals surface area contributed by atoms with Crippen LogP contribution in [0.3, 0.4) is 0 Å². The second-order valence-electron chi connectivity index (χ2n) is 3.97. The average Bonchev–Trinajstić information content (AvgIpc) is 1.94. The van der Waals surface area contributed by atoms with Gasteiger partial charge in [0.25, 0.3) is 0 Å². The van der Waals surface area contributed by atoms with Crippen LogP contribution >= 0.6 is 0 Å². The van der Waals surface area contributed by atoms with E-state index in [1.165, 1.54) is 30.4 Å². The molecular formula is C12H18. The summed E-state index contributed by atoms with van der Waals surface area (Å²) in [5.41, 5.74) is 3.87. The zero-order valence-corrected chi connectivity index (χ0v) is 8.19. The molecule has 1 atom stereocenters. The van der Waals surface area contributed by atoms with Crippen LogP contribution in [0.25, 0.3) is 0 Å². The van der Waals surface area contributed by atoms with Crippen molar-refractivity contribution >= 4 is 0 Å². The van der Waals surface area contributed by atoms with Crippen molar-refractivity contribution in [2.45, 2.75) is 33.1 Å². The Morgan fingerprint density at radius 1 is 1.58 bits per heavy atom. The topological polar surface area (TPSA) is 0 Å². The van der Waals surface area contributed by atoms with Crippen LogP contribution in [0.1, 0.15) is 33.1 Å². The lowest BCUT2D eigenvalue weighted by atomic mass is 9.83. The minimum absolute atomic E-state index is 0.819. The monoisotopic (exact) mass is 162 g/mol. The van der Waals surface area contributed by atoms with Crippen molar-refractivity contribution in [3.05, 3.63) is 36.0 Å². The van der Waals surface area contributed by atoms with Gasteiger partial charge in [-0.2, -0.15) is 0 Å². The van der Waals surface area contributed by atoms with Gasteiger partial charge in [-0.1, -0.05) is 37.3 Å². The summed E-state index contributed by atoms with van der Waals surface area (Å²) in [6, 6.07) is 0. The van der Waals surface area contributed by atoms with E-state index in [-0.39, 0.29) is 0 Å². The average molecular weight is 162 g/mol. The van der Waals surface area contributed by atoms with Crippen LogP contribution < -0.4 is 0 Å². The molecule has 0 aromatic carbocycles. The second kappa shape index (κ2) is 3.75. The van der Waals surface area contributed by atoms with E-state index in [0.29, 0.717) is 0 Å². The Hall–Kier alpha value is -0.780. The predicted molar refractivity (Wildman–Crippen MR) is 55.1 cm³/mol. The van der Waals surface area contributed by atoms with Gasteiger partial charge in [0.05, 0.1) is 0 Å². The zero-order valence-electron chi connectivity index (χ0n) is 8.19. The predicted octanol–water partition coefficient (Wildman–Crippen LogP) is 3.87. The van der Waals surface area contributed by atoms with E-state index in [2.05, 4.69) is 26.2 Å². The molecule has 0 amide bonds. The Morgan fingerprint density at radius 3 is 2.75 bits per heavy atom. The first kappa shape index (κ1) is 9.31. The Labute approximate surface area is 75.7 Å². The molecule has 1 unspecified atom stereocenters. The molecule has 0 heteroatoms. The van der Waals surface area contributed by atoms with Gasteiger partial charge in [0.2, 0.25) is 0 Å². The molecule has 1 fully saturated rings. The van der Waals surface area contributed by atoms with Gasteiger partial charge in [-0.15, -0.1) is 0 Å². The van der Waals surface area contributed by atoms with Crippen molar-refractivity contribution in [1.29, 1.82) is 0 Å². The Bertz CT molecular complexity index is 230. The molecule has 1 aliphatic rings. The van der Waals surface area contributed by atoms with Gasteiger partial charge in [-0.3, -0.25) is 0 Å². The summed E-state index contributed by atoms with van der Waals surface area (Å²) in [4.78, 5) is 0. The summed E-state index contributed by atoms with van der Waals surface area (Å²) in [5, 5.41) is 0. The quantitative estimate of drug-likeness (QED) is 0.549. The zero-order chi connectivity index (χ0) is 9.14. The summed E-state index contributed by atoms with van der Waals surface area (Å²) in [6.07, 6.45) is 5.83. The summed E-state index contributed by atoms with van der Waals surface area (Å²) < 4.78 is 0. The highest BCUT2D eigenvalue weighted by Crippen LogP contribution is 2.31. The second-order valence-corrected chi connectivity index (χ2v) is 3.97. The Kier molecular flexibility index (Phi) is 2.91. The molecule has 0 nitrogen and oxygen atoms in total. The molecule has 0 N–H and O–H groups in total. The minimum atomic E-state index is 0.819.